The topological polar surface area (TPSA) is 29.3 Å². The molecule has 2 heteroatoms. The van der Waals surface area contributed by atoms with E-state index in [1.54, 1.807) is 5.01 Å². The van der Waals surface area contributed by atoms with Crippen molar-refractivity contribution in [3.63, 3.8) is 0 Å². The summed E-state index contributed by atoms with van der Waals surface area (Å²) in [6.45, 7) is 10.4. The van der Waals surface area contributed by atoms with Gasteiger partial charge in [-0.1, -0.05) is 24.3 Å². The zero-order chi connectivity index (χ0) is 8.15. The van der Waals surface area contributed by atoms with Crippen molar-refractivity contribution < 1.29 is 0 Å². The Morgan fingerprint density at radius 1 is 1.50 bits per heavy atom. The van der Waals surface area contributed by atoms with E-state index in [1.165, 1.54) is 0 Å². The standard InChI is InChI=1S/C8H16N2/c1-7(2)8(3)5-6-10(4)9/h1,3,5-6,9H2,2,4H3. The molecule has 0 aliphatic heterocycles. The summed E-state index contributed by atoms with van der Waals surface area (Å²) in [5.74, 6) is 5.40. The Morgan fingerprint density at radius 3 is 2.30 bits per heavy atom. The van der Waals surface area contributed by atoms with Crippen LogP contribution in [0.2, 0.25) is 0 Å². The van der Waals surface area contributed by atoms with Gasteiger partial charge in [0.25, 0.3) is 0 Å². The predicted octanol–water partition coefficient (Wildman–Crippen LogP) is 1.31. The molecule has 0 atom stereocenters. The van der Waals surface area contributed by atoms with E-state index in [9.17, 15) is 0 Å². The van der Waals surface area contributed by atoms with E-state index in [1.807, 2.05) is 14.0 Å². The molecule has 0 aliphatic carbocycles. The maximum Gasteiger partial charge on any atom is 0.0165 e. The van der Waals surface area contributed by atoms with E-state index in [0.29, 0.717) is 0 Å². The lowest BCUT2D eigenvalue weighted by atomic mass is 10.1. The van der Waals surface area contributed by atoms with Crippen LogP contribution in [0.4, 0.5) is 0 Å². The summed E-state index contributed by atoms with van der Waals surface area (Å²) in [5.41, 5.74) is 2.12. The first-order chi connectivity index (χ1) is 4.54. The monoisotopic (exact) mass is 140 g/mol. The van der Waals surface area contributed by atoms with Gasteiger partial charge < -0.3 is 0 Å². The van der Waals surface area contributed by atoms with Crippen LogP contribution in [0.5, 0.6) is 0 Å². The second kappa shape index (κ2) is 4.25. The summed E-state index contributed by atoms with van der Waals surface area (Å²) in [6.07, 6.45) is 0.905. The predicted molar refractivity (Wildman–Crippen MR) is 45.4 cm³/mol. The van der Waals surface area contributed by atoms with Gasteiger partial charge in [-0.2, -0.15) is 0 Å². The van der Waals surface area contributed by atoms with Crippen molar-refractivity contribution in [2.45, 2.75) is 13.3 Å². The molecule has 0 aliphatic rings. The van der Waals surface area contributed by atoms with Gasteiger partial charge in [0.15, 0.2) is 0 Å². The fraction of sp³-hybridized carbons (Fsp3) is 0.500. The van der Waals surface area contributed by atoms with Crippen LogP contribution >= 0.6 is 0 Å². The highest BCUT2D eigenvalue weighted by Crippen LogP contribution is 2.07. The number of hydrazine groups is 1. The molecule has 0 aromatic heterocycles. The van der Waals surface area contributed by atoms with Crippen molar-refractivity contribution in [3.8, 4) is 0 Å². The zero-order valence-corrected chi connectivity index (χ0v) is 6.85. The molecule has 0 saturated heterocycles. The highest BCUT2D eigenvalue weighted by Gasteiger charge is 1.95. The summed E-state index contributed by atoms with van der Waals surface area (Å²) in [6, 6.07) is 0. The average Bonchev–Trinajstić information content (AvgIpc) is 1.82. The minimum atomic E-state index is 0.839. The first-order valence-corrected chi connectivity index (χ1v) is 3.33. The molecule has 0 spiro atoms. The molecule has 0 radical (unpaired) electrons. The molecule has 0 rings (SSSR count). The minimum Gasteiger partial charge on any atom is -0.269 e. The lowest BCUT2D eigenvalue weighted by Gasteiger charge is -2.10. The molecule has 0 saturated carbocycles. The smallest absolute Gasteiger partial charge is 0.0165 e. The number of allylic oxidation sites excluding steroid dienone is 1. The number of nitrogens with zero attached hydrogens (tertiary/aromatic N) is 1. The van der Waals surface area contributed by atoms with Crippen LogP contribution in [-0.4, -0.2) is 18.6 Å². The van der Waals surface area contributed by atoms with E-state index in [4.69, 9.17) is 5.84 Å². The molecule has 0 aromatic rings. The first kappa shape index (κ1) is 9.40. The Labute approximate surface area is 63.0 Å². The maximum atomic E-state index is 5.40. The number of rotatable bonds is 4. The molecule has 2 N–H and O–H groups in total. The van der Waals surface area contributed by atoms with Gasteiger partial charge >= 0.3 is 0 Å². The third-order valence-corrected chi connectivity index (χ3v) is 1.37. The molecule has 0 aromatic carbocycles. The van der Waals surface area contributed by atoms with E-state index in [0.717, 1.165) is 24.1 Å². The Hall–Kier alpha value is -0.600. The Morgan fingerprint density at radius 2 is 2.00 bits per heavy atom. The van der Waals surface area contributed by atoms with Crippen molar-refractivity contribution in [1.29, 1.82) is 0 Å². The second-order valence-electron chi connectivity index (χ2n) is 2.61. The molecule has 2 nitrogen and oxygen atoms in total. The molecule has 0 heterocycles. The van der Waals surface area contributed by atoms with Crippen molar-refractivity contribution in [1.82, 2.24) is 5.01 Å². The van der Waals surface area contributed by atoms with Gasteiger partial charge in [-0.15, -0.1) is 0 Å². The van der Waals surface area contributed by atoms with Gasteiger partial charge in [0.2, 0.25) is 0 Å². The van der Waals surface area contributed by atoms with Gasteiger partial charge in [-0.3, -0.25) is 5.84 Å². The SMILES string of the molecule is C=C(C)C(=C)CCN(C)N. The quantitative estimate of drug-likeness (QED) is 0.362. The van der Waals surface area contributed by atoms with E-state index < -0.39 is 0 Å². The summed E-state index contributed by atoms with van der Waals surface area (Å²) in [4.78, 5) is 0. The minimum absolute atomic E-state index is 0.839. The van der Waals surface area contributed by atoms with Crippen LogP contribution in [-0.2, 0) is 0 Å². The van der Waals surface area contributed by atoms with Gasteiger partial charge in [0.05, 0.1) is 0 Å². The number of hydrogen-bond donors (Lipinski definition) is 1. The lowest BCUT2D eigenvalue weighted by Crippen LogP contribution is -2.27. The lowest BCUT2D eigenvalue weighted by molar-refractivity contribution is 0.354. The van der Waals surface area contributed by atoms with Gasteiger partial charge in [-0.05, 0) is 13.3 Å². The fourth-order valence-corrected chi connectivity index (χ4v) is 0.525. The third-order valence-electron chi connectivity index (χ3n) is 1.37. The van der Waals surface area contributed by atoms with Crippen LogP contribution < -0.4 is 5.84 Å². The van der Waals surface area contributed by atoms with Crippen LogP contribution in [0.15, 0.2) is 24.3 Å². The number of nitrogens with two attached hydrogens (primary N) is 1. The van der Waals surface area contributed by atoms with Crippen molar-refractivity contribution in [2.75, 3.05) is 13.6 Å². The highest BCUT2D eigenvalue weighted by atomic mass is 15.4. The molecule has 0 amide bonds. The first-order valence-electron chi connectivity index (χ1n) is 3.33. The van der Waals surface area contributed by atoms with Crippen LogP contribution in [0, 0.1) is 0 Å². The summed E-state index contributed by atoms with van der Waals surface area (Å²) < 4.78 is 0. The Balaban J connectivity index is 3.50. The maximum absolute atomic E-state index is 5.40. The van der Waals surface area contributed by atoms with Crippen LogP contribution in [0.25, 0.3) is 0 Å². The zero-order valence-electron chi connectivity index (χ0n) is 6.85. The number of hydrogen-bond acceptors (Lipinski definition) is 2. The second-order valence-corrected chi connectivity index (χ2v) is 2.61. The van der Waals surface area contributed by atoms with Gasteiger partial charge in [-0.25, -0.2) is 5.01 Å². The highest BCUT2D eigenvalue weighted by molar-refractivity contribution is 5.22. The van der Waals surface area contributed by atoms with Crippen molar-refractivity contribution in [2.24, 2.45) is 5.84 Å². The summed E-state index contributed by atoms with van der Waals surface area (Å²) in [7, 11) is 1.84. The Bertz CT molecular complexity index is 136. The van der Waals surface area contributed by atoms with Gasteiger partial charge in [0, 0.05) is 13.6 Å². The molecule has 0 bridgehead atoms. The van der Waals surface area contributed by atoms with Gasteiger partial charge in [0.1, 0.15) is 0 Å². The van der Waals surface area contributed by atoms with Crippen molar-refractivity contribution in [3.05, 3.63) is 24.3 Å². The normalized spacial score (nSPS) is 10.0. The third kappa shape index (κ3) is 4.30. The Kier molecular flexibility index (Phi) is 4.00. The molecular weight excluding hydrogens is 124 g/mol. The summed E-state index contributed by atoms with van der Waals surface area (Å²) in [5, 5.41) is 1.65. The fourth-order valence-electron chi connectivity index (χ4n) is 0.525. The largest absolute Gasteiger partial charge is 0.269 e. The molecular formula is C8H16N2. The van der Waals surface area contributed by atoms with Crippen molar-refractivity contribution >= 4 is 0 Å². The van der Waals surface area contributed by atoms with Crippen LogP contribution in [0.1, 0.15) is 13.3 Å². The summed E-state index contributed by atoms with van der Waals surface area (Å²) >= 11 is 0. The molecule has 0 unspecified atom stereocenters. The van der Waals surface area contributed by atoms with Crippen LogP contribution in [0.3, 0.4) is 0 Å². The van der Waals surface area contributed by atoms with E-state index in [-0.39, 0.29) is 0 Å². The van der Waals surface area contributed by atoms with E-state index >= 15 is 0 Å². The van der Waals surface area contributed by atoms with E-state index in [2.05, 4.69) is 13.2 Å². The molecule has 10 heavy (non-hydrogen) atoms. The molecule has 0 fully saturated rings. The molecule has 58 valence electrons. The average molecular weight is 140 g/mol.